The average molecular weight is 485 g/mol. The van der Waals surface area contributed by atoms with Crippen molar-refractivity contribution < 1.29 is 38.8 Å². The van der Waals surface area contributed by atoms with Crippen molar-refractivity contribution in [2.24, 2.45) is 10.7 Å². The number of hydrogen-bond donors (Lipinski definition) is 3. The fourth-order valence-electron chi connectivity index (χ4n) is 2.73. The molecule has 186 valence electrons. The van der Waals surface area contributed by atoms with Gasteiger partial charge in [-0.2, -0.15) is 4.99 Å². The van der Waals surface area contributed by atoms with E-state index < -0.39 is 24.0 Å². The lowest BCUT2D eigenvalue weighted by atomic mass is 10.0. The number of hydrogen-bond acceptors (Lipinski definition) is 8. The smallest absolute Gasteiger partial charge is 0.435 e. The minimum atomic E-state index is -0.942. The Bertz CT molecular complexity index is 1070. The van der Waals surface area contributed by atoms with Crippen LogP contribution in [0.25, 0.3) is 0 Å². The van der Waals surface area contributed by atoms with Gasteiger partial charge >= 0.3 is 12.1 Å². The van der Waals surface area contributed by atoms with Gasteiger partial charge in [0, 0.05) is 23.1 Å². The second kappa shape index (κ2) is 13.5. The predicted octanol–water partition coefficient (Wildman–Crippen LogP) is 2.16. The quantitative estimate of drug-likeness (QED) is 0.142. The number of amides is 2. The summed E-state index contributed by atoms with van der Waals surface area (Å²) >= 11 is 0. The van der Waals surface area contributed by atoms with Crippen molar-refractivity contribution in [1.82, 2.24) is 5.32 Å². The number of aliphatic hydroxyl groups excluding tert-OH is 1. The Morgan fingerprint density at radius 3 is 2.20 bits per heavy atom. The summed E-state index contributed by atoms with van der Waals surface area (Å²) in [5.41, 5.74) is 6.72. The highest BCUT2D eigenvalue weighted by atomic mass is 17.2. The third kappa shape index (κ3) is 8.55. The summed E-state index contributed by atoms with van der Waals surface area (Å²) in [5.74, 6) is -1.17. The molecule has 1 unspecified atom stereocenters. The summed E-state index contributed by atoms with van der Waals surface area (Å²) in [4.78, 5) is 61.1. The molecule has 2 aromatic carbocycles. The van der Waals surface area contributed by atoms with Crippen LogP contribution in [-0.2, 0) is 14.4 Å². The van der Waals surface area contributed by atoms with Gasteiger partial charge in [0.1, 0.15) is 12.4 Å². The van der Waals surface area contributed by atoms with E-state index in [9.17, 15) is 19.2 Å². The van der Waals surface area contributed by atoms with E-state index in [1.54, 1.807) is 6.92 Å². The van der Waals surface area contributed by atoms with Gasteiger partial charge in [-0.15, -0.1) is 0 Å². The van der Waals surface area contributed by atoms with Crippen molar-refractivity contribution in [1.29, 1.82) is 0 Å². The fourth-order valence-corrected chi connectivity index (χ4v) is 2.73. The molecule has 2 aromatic rings. The molecule has 35 heavy (non-hydrogen) atoms. The van der Waals surface area contributed by atoms with Gasteiger partial charge in [0.15, 0.2) is 11.5 Å². The van der Waals surface area contributed by atoms with E-state index in [0.717, 1.165) is 0 Å². The topological polar surface area (TPSA) is 167 Å². The summed E-state index contributed by atoms with van der Waals surface area (Å²) in [6.07, 6.45) is -0.0750. The Hall–Kier alpha value is -4.25. The van der Waals surface area contributed by atoms with Crippen molar-refractivity contribution in [2.75, 3.05) is 13.2 Å². The van der Waals surface area contributed by atoms with Crippen LogP contribution in [0.5, 0.6) is 5.75 Å². The monoisotopic (exact) mass is 485 g/mol. The highest BCUT2D eigenvalue weighted by Gasteiger charge is 2.19. The highest BCUT2D eigenvalue weighted by Crippen LogP contribution is 2.15. The largest absolute Gasteiger partial charge is 0.445 e. The number of aliphatic hydroxyl groups is 1. The molecule has 0 saturated heterocycles. The maximum Gasteiger partial charge on any atom is 0.435 e. The van der Waals surface area contributed by atoms with Crippen LogP contribution in [0.4, 0.5) is 4.79 Å². The lowest BCUT2D eigenvalue weighted by Gasteiger charge is -2.13. The van der Waals surface area contributed by atoms with Gasteiger partial charge in [-0.05, 0) is 49.7 Å². The molecule has 0 bridgehead atoms. The van der Waals surface area contributed by atoms with E-state index >= 15 is 0 Å². The number of ketones is 1. The first-order chi connectivity index (χ1) is 16.7. The number of carbonyl (C=O) groups is 4. The molecule has 0 aromatic heterocycles. The first-order valence-electron chi connectivity index (χ1n) is 10.8. The number of aliphatic imine (C=N–C) groups is 1. The fraction of sp³-hybridized carbons (Fsp3) is 0.292. The van der Waals surface area contributed by atoms with Crippen LogP contribution in [0.3, 0.4) is 0 Å². The molecular weight excluding hydrogens is 458 g/mol. The second-order valence-corrected chi connectivity index (χ2v) is 7.28. The second-order valence-electron chi connectivity index (χ2n) is 7.28. The number of ether oxygens (including phenoxy) is 1. The van der Waals surface area contributed by atoms with Gasteiger partial charge in [-0.3, -0.25) is 19.4 Å². The van der Waals surface area contributed by atoms with Gasteiger partial charge in [-0.25, -0.2) is 9.59 Å². The van der Waals surface area contributed by atoms with Gasteiger partial charge in [0.05, 0.1) is 12.6 Å². The number of nitrogens with one attached hydrogen (secondary N) is 1. The van der Waals surface area contributed by atoms with E-state index in [0.29, 0.717) is 17.5 Å². The van der Waals surface area contributed by atoms with Crippen molar-refractivity contribution in [3.8, 4) is 5.75 Å². The molecule has 4 N–H and O–H groups in total. The lowest BCUT2D eigenvalue weighted by Crippen LogP contribution is -2.38. The predicted molar refractivity (Wildman–Crippen MR) is 125 cm³/mol. The highest BCUT2D eigenvalue weighted by molar-refractivity contribution is 6.05. The first-order valence-corrected chi connectivity index (χ1v) is 10.8. The van der Waals surface area contributed by atoms with Crippen LogP contribution in [-0.4, -0.2) is 54.0 Å². The summed E-state index contributed by atoms with van der Waals surface area (Å²) in [6, 6.07) is 11.0. The van der Waals surface area contributed by atoms with Crippen molar-refractivity contribution >= 4 is 29.6 Å². The van der Waals surface area contributed by atoms with Gasteiger partial charge in [0.25, 0.3) is 5.91 Å². The first kappa shape index (κ1) is 27.0. The van der Waals surface area contributed by atoms with Crippen LogP contribution < -0.4 is 15.9 Å². The molecular formula is C24H27N3O8. The maximum absolute atomic E-state index is 12.7. The third-order valence-electron chi connectivity index (χ3n) is 4.54. The normalized spacial score (nSPS) is 11.8. The molecule has 0 saturated carbocycles. The number of rotatable bonds is 11. The van der Waals surface area contributed by atoms with E-state index in [4.69, 9.17) is 15.7 Å². The maximum atomic E-state index is 12.7. The van der Waals surface area contributed by atoms with Crippen LogP contribution >= 0.6 is 0 Å². The Morgan fingerprint density at radius 2 is 1.60 bits per heavy atom. The number of nitrogens with two attached hydrogens (primary N) is 1. The number of benzene rings is 2. The Balaban J connectivity index is 1.94. The van der Waals surface area contributed by atoms with Gasteiger partial charge < -0.3 is 20.9 Å². The van der Waals surface area contributed by atoms with Crippen LogP contribution in [0.1, 0.15) is 53.0 Å². The van der Waals surface area contributed by atoms with E-state index in [-0.39, 0.29) is 42.6 Å². The standard InChI is InChI=1S/C24H27N3O8/c1-3-4-20(29)35-34-19-11-9-16(10-12-19)21(30)15(2)26-23(31)18-7-5-17(6-8-18)22(25)27-24(32)33-14-13-28/h5-12,15,28H,3-4,13-14H2,1-2H3,(H,26,31)(H2,25,27,32). The summed E-state index contributed by atoms with van der Waals surface area (Å²) < 4.78 is 4.61. The summed E-state index contributed by atoms with van der Waals surface area (Å²) in [6.45, 7) is 2.86. The van der Waals surface area contributed by atoms with E-state index in [2.05, 4.69) is 19.9 Å². The molecule has 2 rings (SSSR count). The molecule has 11 nitrogen and oxygen atoms in total. The molecule has 2 amide bonds. The number of carbonyl (C=O) groups excluding carboxylic acids is 4. The summed E-state index contributed by atoms with van der Waals surface area (Å²) in [5, 5.41) is 11.3. The molecule has 0 radical (unpaired) electrons. The van der Waals surface area contributed by atoms with Gasteiger partial charge in [0.2, 0.25) is 0 Å². The average Bonchev–Trinajstić information content (AvgIpc) is 2.86. The molecule has 1 atom stereocenters. The van der Waals surface area contributed by atoms with E-state index in [1.807, 2.05) is 6.92 Å². The van der Waals surface area contributed by atoms with Crippen LogP contribution in [0, 0.1) is 0 Å². The van der Waals surface area contributed by atoms with Gasteiger partial charge in [-0.1, -0.05) is 19.1 Å². The zero-order chi connectivity index (χ0) is 25.8. The van der Waals surface area contributed by atoms with Crippen molar-refractivity contribution in [3.63, 3.8) is 0 Å². The minimum Gasteiger partial charge on any atom is -0.445 e. The molecule has 0 fully saturated rings. The van der Waals surface area contributed by atoms with Crippen molar-refractivity contribution in [3.05, 3.63) is 65.2 Å². The molecule has 0 aliphatic rings. The molecule has 0 spiro atoms. The van der Waals surface area contributed by atoms with E-state index in [1.165, 1.54) is 48.5 Å². The zero-order valence-corrected chi connectivity index (χ0v) is 19.4. The Morgan fingerprint density at radius 1 is 1.00 bits per heavy atom. The van der Waals surface area contributed by atoms with Crippen LogP contribution in [0.2, 0.25) is 0 Å². The van der Waals surface area contributed by atoms with Crippen LogP contribution in [0.15, 0.2) is 53.5 Å². The Kier molecular flexibility index (Phi) is 10.4. The lowest BCUT2D eigenvalue weighted by molar-refractivity contribution is -0.213. The molecule has 0 aliphatic heterocycles. The molecule has 0 heterocycles. The van der Waals surface area contributed by atoms with Crippen molar-refractivity contribution in [2.45, 2.75) is 32.7 Å². The zero-order valence-electron chi connectivity index (χ0n) is 19.4. The minimum absolute atomic E-state index is 0.115. The summed E-state index contributed by atoms with van der Waals surface area (Å²) in [7, 11) is 0. The third-order valence-corrected chi connectivity index (χ3v) is 4.54. The SMILES string of the molecule is CCCC(=O)OOc1ccc(C(=O)C(C)NC(=O)c2ccc(/C(N)=N/C(=O)OCCO)cc2)cc1. The Labute approximate surface area is 201 Å². The number of Topliss-reactive ketones (excluding diaryl/α,β-unsaturated/α-hetero) is 1. The molecule has 0 aliphatic carbocycles. The number of nitrogens with zero attached hydrogens (tertiary/aromatic N) is 1. The molecule has 11 heteroatoms. The number of amidine groups is 1.